The fraction of sp³-hybridized carbons (Fsp3) is 0.333. The molecule has 1 aliphatic rings. The zero-order valence-corrected chi connectivity index (χ0v) is 15.5. The van der Waals surface area contributed by atoms with Gasteiger partial charge in [0.25, 0.3) is 5.91 Å². The van der Waals surface area contributed by atoms with Gasteiger partial charge in [-0.15, -0.1) is 0 Å². The lowest BCUT2D eigenvalue weighted by molar-refractivity contribution is -0.122. The summed E-state index contributed by atoms with van der Waals surface area (Å²) in [6.45, 7) is 3.41. The zero-order valence-electron chi connectivity index (χ0n) is 15.5. The Morgan fingerprint density at radius 3 is 2.81 bits per heavy atom. The highest BCUT2D eigenvalue weighted by atomic mass is 16.5. The number of nitrogens with one attached hydrogen (secondary N) is 1. The van der Waals surface area contributed by atoms with Crippen molar-refractivity contribution in [1.29, 1.82) is 0 Å². The number of nitrogens with zero attached hydrogens (tertiary/aromatic N) is 1. The van der Waals surface area contributed by atoms with E-state index in [1.54, 1.807) is 0 Å². The summed E-state index contributed by atoms with van der Waals surface area (Å²) in [5.74, 6) is 0.181. The first kappa shape index (κ1) is 18.9. The van der Waals surface area contributed by atoms with E-state index in [-0.39, 0.29) is 24.5 Å². The van der Waals surface area contributed by atoms with E-state index in [4.69, 9.17) is 10.5 Å². The molecule has 0 aromatic heterocycles. The summed E-state index contributed by atoms with van der Waals surface area (Å²) in [5, 5.41) is 2.85. The van der Waals surface area contributed by atoms with Crippen LogP contribution in [0.4, 0.5) is 5.69 Å². The van der Waals surface area contributed by atoms with Crippen LogP contribution >= 0.6 is 0 Å². The van der Waals surface area contributed by atoms with Crippen LogP contribution in [0.1, 0.15) is 24.0 Å². The average molecular weight is 367 g/mol. The van der Waals surface area contributed by atoms with Gasteiger partial charge in [0.15, 0.2) is 6.61 Å². The van der Waals surface area contributed by atoms with Crippen LogP contribution in [-0.4, -0.2) is 35.9 Å². The standard InChI is InChI=1S/C21H25N3O3/c1-15-5-2-8-18(11-15)27-14-20(25)23-17-7-3-6-16(12-17)13-24-10-4-9-19(24)21(22)26/h2-3,5-8,11-12,19H,4,9-10,13-14H2,1H3,(H2,22,26)(H,23,25). The van der Waals surface area contributed by atoms with Gasteiger partial charge in [-0.3, -0.25) is 14.5 Å². The van der Waals surface area contributed by atoms with E-state index in [9.17, 15) is 9.59 Å². The third kappa shape index (κ3) is 5.31. The van der Waals surface area contributed by atoms with Gasteiger partial charge in [-0.05, 0) is 61.7 Å². The maximum Gasteiger partial charge on any atom is 0.262 e. The van der Waals surface area contributed by atoms with E-state index in [1.165, 1.54) is 0 Å². The number of aryl methyl sites for hydroxylation is 1. The lowest BCUT2D eigenvalue weighted by atomic mass is 10.1. The first-order valence-electron chi connectivity index (χ1n) is 9.13. The predicted molar refractivity (Wildman–Crippen MR) is 104 cm³/mol. The minimum atomic E-state index is -0.273. The van der Waals surface area contributed by atoms with Crippen molar-refractivity contribution in [3.8, 4) is 5.75 Å². The van der Waals surface area contributed by atoms with Gasteiger partial charge in [0.05, 0.1) is 6.04 Å². The number of carbonyl (C=O) groups is 2. The van der Waals surface area contributed by atoms with E-state index in [1.807, 2.05) is 55.5 Å². The Balaban J connectivity index is 1.55. The second-order valence-corrected chi connectivity index (χ2v) is 6.88. The first-order chi connectivity index (χ1) is 13.0. The third-order valence-corrected chi connectivity index (χ3v) is 4.65. The Morgan fingerprint density at radius 2 is 2.04 bits per heavy atom. The second kappa shape index (κ2) is 8.68. The van der Waals surface area contributed by atoms with E-state index >= 15 is 0 Å². The SMILES string of the molecule is Cc1cccc(OCC(=O)Nc2cccc(CN3CCCC3C(N)=O)c2)c1. The van der Waals surface area contributed by atoms with Gasteiger partial charge in [0.1, 0.15) is 5.75 Å². The molecule has 3 N–H and O–H groups in total. The summed E-state index contributed by atoms with van der Waals surface area (Å²) in [6.07, 6.45) is 1.78. The van der Waals surface area contributed by atoms with Crippen molar-refractivity contribution >= 4 is 17.5 Å². The van der Waals surface area contributed by atoms with Gasteiger partial charge in [-0.1, -0.05) is 24.3 Å². The Morgan fingerprint density at radius 1 is 1.22 bits per heavy atom. The molecule has 2 aromatic carbocycles. The molecule has 1 saturated heterocycles. The van der Waals surface area contributed by atoms with Crippen molar-refractivity contribution in [1.82, 2.24) is 4.90 Å². The first-order valence-corrected chi connectivity index (χ1v) is 9.13. The Bertz CT molecular complexity index is 822. The Labute approximate surface area is 159 Å². The smallest absolute Gasteiger partial charge is 0.262 e. The van der Waals surface area contributed by atoms with Gasteiger partial charge in [0.2, 0.25) is 5.91 Å². The molecule has 6 heteroatoms. The van der Waals surface area contributed by atoms with Gasteiger partial charge in [-0.25, -0.2) is 0 Å². The fourth-order valence-corrected chi connectivity index (χ4v) is 3.37. The largest absolute Gasteiger partial charge is 0.484 e. The average Bonchev–Trinajstić information content (AvgIpc) is 3.09. The van der Waals surface area contributed by atoms with E-state index in [0.717, 1.165) is 30.5 Å². The molecule has 142 valence electrons. The molecule has 1 aliphatic heterocycles. The molecule has 1 unspecified atom stereocenters. The third-order valence-electron chi connectivity index (χ3n) is 4.65. The van der Waals surface area contributed by atoms with Gasteiger partial charge in [-0.2, -0.15) is 0 Å². The summed E-state index contributed by atoms with van der Waals surface area (Å²) in [6, 6.07) is 15.0. The van der Waals surface area contributed by atoms with E-state index < -0.39 is 0 Å². The fourth-order valence-electron chi connectivity index (χ4n) is 3.37. The highest BCUT2D eigenvalue weighted by Crippen LogP contribution is 2.21. The van der Waals surface area contributed by atoms with Crippen LogP contribution in [-0.2, 0) is 16.1 Å². The number of hydrogen-bond acceptors (Lipinski definition) is 4. The summed E-state index contributed by atoms with van der Waals surface area (Å²) in [5.41, 5.74) is 8.29. The van der Waals surface area contributed by atoms with Crippen LogP contribution in [0.25, 0.3) is 0 Å². The van der Waals surface area contributed by atoms with Crippen LogP contribution in [0.2, 0.25) is 0 Å². The van der Waals surface area contributed by atoms with Crippen LogP contribution in [0, 0.1) is 6.92 Å². The number of likely N-dealkylation sites (tertiary alicyclic amines) is 1. The number of hydrogen-bond donors (Lipinski definition) is 2. The Kier molecular flexibility index (Phi) is 6.08. The number of rotatable bonds is 7. The minimum absolute atomic E-state index is 0.0520. The molecular weight excluding hydrogens is 342 g/mol. The number of carbonyl (C=O) groups excluding carboxylic acids is 2. The molecule has 0 saturated carbocycles. The van der Waals surface area contributed by atoms with Gasteiger partial charge >= 0.3 is 0 Å². The quantitative estimate of drug-likeness (QED) is 0.787. The molecule has 2 amide bonds. The van der Waals surface area contributed by atoms with Crippen molar-refractivity contribution in [3.05, 3.63) is 59.7 Å². The highest BCUT2D eigenvalue weighted by Gasteiger charge is 2.28. The topological polar surface area (TPSA) is 84.7 Å². The molecule has 6 nitrogen and oxygen atoms in total. The summed E-state index contributed by atoms with van der Waals surface area (Å²) in [4.78, 5) is 25.8. The van der Waals surface area contributed by atoms with Crippen molar-refractivity contribution < 1.29 is 14.3 Å². The number of benzene rings is 2. The van der Waals surface area contributed by atoms with Gasteiger partial charge < -0.3 is 15.8 Å². The molecule has 1 fully saturated rings. The van der Waals surface area contributed by atoms with Crippen LogP contribution in [0.15, 0.2) is 48.5 Å². The number of amides is 2. The van der Waals surface area contributed by atoms with Crippen molar-refractivity contribution in [3.63, 3.8) is 0 Å². The monoisotopic (exact) mass is 367 g/mol. The van der Waals surface area contributed by atoms with Crippen molar-refractivity contribution in [2.45, 2.75) is 32.4 Å². The van der Waals surface area contributed by atoms with Crippen LogP contribution < -0.4 is 15.8 Å². The zero-order chi connectivity index (χ0) is 19.2. The maximum atomic E-state index is 12.2. The lowest BCUT2D eigenvalue weighted by Gasteiger charge is -2.22. The second-order valence-electron chi connectivity index (χ2n) is 6.88. The number of ether oxygens (including phenoxy) is 1. The summed E-state index contributed by atoms with van der Waals surface area (Å²) in [7, 11) is 0. The van der Waals surface area contributed by atoms with Crippen molar-refractivity contribution in [2.75, 3.05) is 18.5 Å². The number of primary amides is 1. The molecule has 1 atom stereocenters. The van der Waals surface area contributed by atoms with Crippen LogP contribution in [0.3, 0.4) is 0 Å². The maximum absolute atomic E-state index is 12.2. The summed E-state index contributed by atoms with van der Waals surface area (Å²) < 4.78 is 5.53. The molecule has 0 spiro atoms. The molecule has 27 heavy (non-hydrogen) atoms. The van der Waals surface area contributed by atoms with E-state index in [2.05, 4.69) is 10.2 Å². The summed E-state index contributed by atoms with van der Waals surface area (Å²) >= 11 is 0. The number of anilines is 1. The lowest BCUT2D eigenvalue weighted by Crippen LogP contribution is -2.39. The molecule has 2 aromatic rings. The van der Waals surface area contributed by atoms with E-state index in [0.29, 0.717) is 18.0 Å². The molecule has 3 rings (SSSR count). The van der Waals surface area contributed by atoms with Crippen LogP contribution in [0.5, 0.6) is 5.75 Å². The predicted octanol–water partition coefficient (Wildman–Crippen LogP) is 2.46. The minimum Gasteiger partial charge on any atom is -0.484 e. The normalized spacial score (nSPS) is 16.9. The van der Waals surface area contributed by atoms with Crippen molar-refractivity contribution in [2.24, 2.45) is 5.73 Å². The van der Waals surface area contributed by atoms with Gasteiger partial charge in [0, 0.05) is 12.2 Å². The molecule has 0 aliphatic carbocycles. The molecule has 1 heterocycles. The Hall–Kier alpha value is -2.86. The highest BCUT2D eigenvalue weighted by molar-refractivity contribution is 5.91. The molecular formula is C21H25N3O3. The molecule has 0 bridgehead atoms. The molecule has 0 radical (unpaired) electrons. The number of nitrogens with two attached hydrogens (primary N) is 1.